The van der Waals surface area contributed by atoms with Crippen molar-refractivity contribution in [3.63, 3.8) is 0 Å². The largest absolute Gasteiger partial charge is 0.381 e. The highest BCUT2D eigenvalue weighted by Crippen LogP contribution is 2.38. The van der Waals surface area contributed by atoms with Crippen molar-refractivity contribution in [1.82, 2.24) is 15.1 Å². The second-order valence-corrected chi connectivity index (χ2v) is 6.73. The quantitative estimate of drug-likeness (QED) is 0.911. The second-order valence-electron chi connectivity index (χ2n) is 6.73. The van der Waals surface area contributed by atoms with Gasteiger partial charge < -0.3 is 9.64 Å². The number of nitrogens with one attached hydrogen (secondary N) is 1. The van der Waals surface area contributed by atoms with Crippen LogP contribution in [0.5, 0.6) is 0 Å². The third-order valence-electron chi connectivity index (χ3n) is 4.79. The van der Waals surface area contributed by atoms with Gasteiger partial charge in [0.25, 0.3) is 0 Å². The van der Waals surface area contributed by atoms with E-state index in [1.165, 1.54) is 6.07 Å². The number of rotatable bonds is 2. The number of nitrogens with zero attached hydrogens (tertiary/aromatic N) is 3. The van der Waals surface area contributed by atoms with Gasteiger partial charge in [-0.15, -0.1) is 10.2 Å². The zero-order chi connectivity index (χ0) is 17.3. The first-order chi connectivity index (χ1) is 12.2. The van der Waals surface area contributed by atoms with E-state index < -0.39 is 0 Å². The molecule has 2 aliphatic heterocycles. The van der Waals surface area contributed by atoms with Crippen LogP contribution in [0, 0.1) is 11.2 Å². The van der Waals surface area contributed by atoms with Gasteiger partial charge in [-0.25, -0.2) is 9.18 Å². The molecular formula is C18H19FN4O2. The molecular weight excluding hydrogens is 323 g/mol. The Morgan fingerprint density at radius 3 is 2.72 bits per heavy atom. The Balaban J connectivity index is 1.37. The summed E-state index contributed by atoms with van der Waals surface area (Å²) in [5, 5.41) is 10.7. The lowest BCUT2D eigenvalue weighted by Gasteiger charge is -2.51. The summed E-state index contributed by atoms with van der Waals surface area (Å²) in [6.07, 6.45) is 2.16. The van der Waals surface area contributed by atoms with E-state index in [0.717, 1.165) is 26.1 Å². The van der Waals surface area contributed by atoms with Gasteiger partial charge in [0.15, 0.2) is 5.82 Å². The molecule has 1 aromatic heterocycles. The van der Waals surface area contributed by atoms with E-state index in [4.69, 9.17) is 4.74 Å². The number of ether oxygens (including phenoxy) is 1. The third-order valence-corrected chi connectivity index (χ3v) is 4.79. The molecule has 1 aromatic carbocycles. The molecule has 3 heterocycles. The number of carbonyl (C=O) groups excluding carboxylic acids is 1. The van der Waals surface area contributed by atoms with E-state index in [1.807, 2.05) is 0 Å². The summed E-state index contributed by atoms with van der Waals surface area (Å²) in [5.74, 6) is 0.0000898. The third kappa shape index (κ3) is 3.19. The first kappa shape index (κ1) is 16.0. The normalized spacial score (nSPS) is 18.7. The van der Waals surface area contributed by atoms with Gasteiger partial charge in [-0.3, -0.25) is 5.32 Å². The molecule has 2 amide bonds. The van der Waals surface area contributed by atoms with Crippen LogP contribution in [0.4, 0.5) is 15.0 Å². The van der Waals surface area contributed by atoms with Crippen LogP contribution in [0.2, 0.25) is 0 Å². The molecule has 7 heteroatoms. The first-order valence-corrected chi connectivity index (χ1v) is 8.38. The van der Waals surface area contributed by atoms with Gasteiger partial charge in [-0.1, -0.05) is 12.1 Å². The zero-order valence-electron chi connectivity index (χ0n) is 13.7. The van der Waals surface area contributed by atoms with Crippen molar-refractivity contribution in [3.05, 3.63) is 42.2 Å². The summed E-state index contributed by atoms with van der Waals surface area (Å²) in [5.41, 5.74) is 0.948. The fourth-order valence-corrected chi connectivity index (χ4v) is 3.47. The number of carbonyl (C=O) groups is 1. The lowest BCUT2D eigenvalue weighted by molar-refractivity contribution is -0.0809. The Morgan fingerprint density at radius 1 is 1.20 bits per heavy atom. The molecule has 1 spiro atoms. The van der Waals surface area contributed by atoms with Gasteiger partial charge in [-0.2, -0.15) is 0 Å². The molecule has 4 rings (SSSR count). The Bertz CT molecular complexity index is 767. The summed E-state index contributed by atoms with van der Waals surface area (Å²) in [7, 11) is 0. The van der Waals surface area contributed by atoms with E-state index >= 15 is 0 Å². The average molecular weight is 342 g/mol. The molecule has 1 N–H and O–H groups in total. The molecule has 0 saturated carbocycles. The van der Waals surface area contributed by atoms with Crippen molar-refractivity contribution in [2.45, 2.75) is 12.8 Å². The van der Waals surface area contributed by atoms with Crippen molar-refractivity contribution in [3.8, 4) is 11.3 Å². The Labute approximate surface area is 145 Å². The summed E-state index contributed by atoms with van der Waals surface area (Å²) in [6.45, 7) is 2.96. The number of anilines is 1. The lowest BCUT2D eigenvalue weighted by atomic mass is 9.76. The van der Waals surface area contributed by atoms with Crippen LogP contribution < -0.4 is 5.32 Å². The molecule has 2 fully saturated rings. The highest BCUT2D eigenvalue weighted by Gasteiger charge is 2.46. The minimum atomic E-state index is -0.353. The molecule has 25 heavy (non-hydrogen) atoms. The molecule has 0 radical (unpaired) electrons. The van der Waals surface area contributed by atoms with Gasteiger partial charge in [0, 0.05) is 30.7 Å². The van der Waals surface area contributed by atoms with Crippen molar-refractivity contribution in [2.75, 3.05) is 31.6 Å². The zero-order valence-corrected chi connectivity index (χ0v) is 13.7. The van der Waals surface area contributed by atoms with Crippen LogP contribution in [0.15, 0.2) is 36.4 Å². The SMILES string of the molecule is O=C(Nc1ccc(-c2ccccc2F)nn1)N1CC2(CCCOC2)C1. The molecule has 2 aromatic rings. The van der Waals surface area contributed by atoms with E-state index in [0.29, 0.717) is 30.2 Å². The first-order valence-electron chi connectivity index (χ1n) is 8.38. The van der Waals surface area contributed by atoms with Gasteiger partial charge in [0.05, 0.1) is 12.3 Å². The topological polar surface area (TPSA) is 67.4 Å². The molecule has 0 unspecified atom stereocenters. The van der Waals surface area contributed by atoms with Crippen LogP contribution in [0.3, 0.4) is 0 Å². The Hall–Kier alpha value is -2.54. The minimum Gasteiger partial charge on any atom is -0.381 e. The van der Waals surface area contributed by atoms with Gasteiger partial charge >= 0.3 is 6.03 Å². The fraction of sp³-hybridized carbons (Fsp3) is 0.389. The Kier molecular flexibility index (Phi) is 4.09. The van der Waals surface area contributed by atoms with Crippen molar-refractivity contribution in [1.29, 1.82) is 0 Å². The van der Waals surface area contributed by atoms with Crippen LogP contribution >= 0.6 is 0 Å². The fourth-order valence-electron chi connectivity index (χ4n) is 3.47. The number of aromatic nitrogens is 2. The molecule has 2 aliphatic rings. The molecule has 130 valence electrons. The summed E-state index contributed by atoms with van der Waals surface area (Å²) in [6, 6.07) is 9.47. The standard InChI is InChI=1S/C18H19FN4O2/c19-14-5-2-1-4-13(14)15-6-7-16(22-21-15)20-17(24)23-10-18(11-23)8-3-9-25-12-18/h1-2,4-7H,3,8-12H2,(H,20,22,24). The highest BCUT2D eigenvalue weighted by molar-refractivity contribution is 5.89. The predicted octanol–water partition coefficient (Wildman–Crippen LogP) is 2.93. The molecule has 0 atom stereocenters. The van der Waals surface area contributed by atoms with Gasteiger partial charge in [-0.05, 0) is 37.1 Å². The van der Waals surface area contributed by atoms with E-state index in [2.05, 4.69) is 15.5 Å². The molecule has 0 bridgehead atoms. The number of benzene rings is 1. The molecule has 2 saturated heterocycles. The maximum Gasteiger partial charge on any atom is 0.323 e. The smallest absolute Gasteiger partial charge is 0.323 e. The van der Waals surface area contributed by atoms with Crippen molar-refractivity contribution in [2.24, 2.45) is 5.41 Å². The maximum absolute atomic E-state index is 13.8. The van der Waals surface area contributed by atoms with Gasteiger partial charge in [0.2, 0.25) is 0 Å². The van der Waals surface area contributed by atoms with Gasteiger partial charge in [0.1, 0.15) is 5.82 Å². The van der Waals surface area contributed by atoms with E-state index in [-0.39, 0.29) is 17.3 Å². The summed E-state index contributed by atoms with van der Waals surface area (Å²) >= 11 is 0. The van der Waals surface area contributed by atoms with Crippen LogP contribution in [-0.4, -0.2) is 47.4 Å². The highest BCUT2D eigenvalue weighted by atomic mass is 19.1. The van der Waals surface area contributed by atoms with E-state index in [1.54, 1.807) is 35.2 Å². The van der Waals surface area contributed by atoms with E-state index in [9.17, 15) is 9.18 Å². The lowest BCUT2D eigenvalue weighted by Crippen LogP contribution is -2.62. The Morgan fingerprint density at radius 2 is 2.04 bits per heavy atom. The van der Waals surface area contributed by atoms with Crippen LogP contribution in [-0.2, 0) is 4.74 Å². The maximum atomic E-state index is 13.8. The predicted molar refractivity (Wildman–Crippen MR) is 90.5 cm³/mol. The molecule has 6 nitrogen and oxygen atoms in total. The number of urea groups is 1. The number of likely N-dealkylation sites (tertiary alicyclic amines) is 1. The number of amides is 2. The minimum absolute atomic E-state index is 0.135. The molecule has 0 aliphatic carbocycles. The van der Waals surface area contributed by atoms with Crippen LogP contribution in [0.1, 0.15) is 12.8 Å². The second kappa shape index (κ2) is 6.40. The average Bonchev–Trinajstić information content (AvgIpc) is 2.61. The van der Waals surface area contributed by atoms with Crippen molar-refractivity contribution >= 4 is 11.8 Å². The number of hydrogen-bond donors (Lipinski definition) is 1. The summed E-state index contributed by atoms with van der Waals surface area (Å²) in [4.78, 5) is 14.0. The summed E-state index contributed by atoms with van der Waals surface area (Å²) < 4.78 is 19.3. The monoisotopic (exact) mass is 342 g/mol. The van der Waals surface area contributed by atoms with Crippen molar-refractivity contribution < 1.29 is 13.9 Å². The number of halogens is 1. The van der Waals surface area contributed by atoms with Crippen LogP contribution in [0.25, 0.3) is 11.3 Å². The number of hydrogen-bond acceptors (Lipinski definition) is 4.